The third-order valence-electron chi connectivity index (χ3n) is 4.01. The van der Waals surface area contributed by atoms with E-state index in [1.54, 1.807) is 0 Å². The van der Waals surface area contributed by atoms with Crippen LogP contribution < -0.4 is 5.32 Å². The van der Waals surface area contributed by atoms with Crippen LogP contribution in [0.4, 0.5) is 0 Å². The fraction of sp³-hybridized carbons (Fsp3) is 0.800. The van der Waals surface area contributed by atoms with Gasteiger partial charge in [0.05, 0.1) is 12.5 Å². The molecule has 6 nitrogen and oxygen atoms in total. The third kappa shape index (κ3) is 4.81. The van der Waals surface area contributed by atoms with Gasteiger partial charge >= 0.3 is 5.97 Å². The minimum atomic E-state index is -0.666. The van der Waals surface area contributed by atoms with Crippen molar-refractivity contribution in [2.75, 3.05) is 6.54 Å². The van der Waals surface area contributed by atoms with Crippen LogP contribution in [-0.4, -0.2) is 27.8 Å². The predicted molar refractivity (Wildman–Crippen MR) is 77.6 cm³/mol. The molecular weight excluding hydrogens is 270 g/mol. The molecule has 0 aromatic carbocycles. The van der Waals surface area contributed by atoms with E-state index in [0.29, 0.717) is 30.7 Å². The molecular formula is C15H25N3O3. The Hall–Kier alpha value is -1.43. The first-order valence-electron chi connectivity index (χ1n) is 7.81. The average Bonchev–Trinajstić information content (AvgIpc) is 2.86. The molecule has 21 heavy (non-hydrogen) atoms. The summed E-state index contributed by atoms with van der Waals surface area (Å²) >= 11 is 0. The molecule has 2 rings (SSSR count). The maximum absolute atomic E-state index is 11.2. The molecule has 1 heterocycles. The molecule has 0 amide bonds. The molecule has 1 fully saturated rings. The number of aromatic nitrogens is 2. The lowest BCUT2D eigenvalue weighted by Gasteiger charge is -2.28. The van der Waals surface area contributed by atoms with E-state index in [1.807, 2.05) is 0 Å². The molecule has 0 bridgehead atoms. The second kappa shape index (κ2) is 7.54. The summed E-state index contributed by atoms with van der Waals surface area (Å²) in [6.07, 6.45) is 4.71. The zero-order chi connectivity index (χ0) is 15.2. The molecule has 1 aromatic heterocycles. The smallest absolute Gasteiger partial charge is 0.306 e. The van der Waals surface area contributed by atoms with E-state index in [9.17, 15) is 9.90 Å². The fourth-order valence-electron chi connectivity index (χ4n) is 2.94. The van der Waals surface area contributed by atoms with Gasteiger partial charge in [0.15, 0.2) is 5.82 Å². The van der Waals surface area contributed by atoms with Crippen molar-refractivity contribution in [2.24, 2.45) is 17.8 Å². The lowest BCUT2D eigenvalue weighted by atomic mass is 9.79. The van der Waals surface area contributed by atoms with Crippen molar-refractivity contribution in [3.63, 3.8) is 0 Å². The van der Waals surface area contributed by atoms with Crippen LogP contribution in [0, 0.1) is 17.8 Å². The number of hydrogen-bond acceptors (Lipinski definition) is 5. The highest BCUT2D eigenvalue weighted by atomic mass is 16.5. The summed E-state index contributed by atoms with van der Waals surface area (Å²) < 4.78 is 5.18. The van der Waals surface area contributed by atoms with Crippen molar-refractivity contribution in [3.05, 3.63) is 11.7 Å². The topological polar surface area (TPSA) is 88.2 Å². The number of hydrogen-bond donors (Lipinski definition) is 2. The normalized spacial score (nSPS) is 22.6. The first kappa shape index (κ1) is 15.9. The van der Waals surface area contributed by atoms with Gasteiger partial charge in [0.2, 0.25) is 5.89 Å². The SMILES string of the molecule is CC(C)Cc1nc(CNCC2CCCCC2C(=O)O)no1. The van der Waals surface area contributed by atoms with E-state index in [1.165, 1.54) is 0 Å². The van der Waals surface area contributed by atoms with Crippen molar-refractivity contribution in [3.8, 4) is 0 Å². The molecule has 6 heteroatoms. The summed E-state index contributed by atoms with van der Waals surface area (Å²) in [7, 11) is 0. The Morgan fingerprint density at radius 3 is 2.90 bits per heavy atom. The van der Waals surface area contributed by atoms with Crippen molar-refractivity contribution >= 4 is 5.97 Å². The van der Waals surface area contributed by atoms with E-state index in [-0.39, 0.29) is 11.8 Å². The van der Waals surface area contributed by atoms with Gasteiger partial charge in [0.25, 0.3) is 0 Å². The van der Waals surface area contributed by atoms with Crippen LogP contribution in [0.2, 0.25) is 0 Å². The maximum Gasteiger partial charge on any atom is 0.306 e. The highest BCUT2D eigenvalue weighted by molar-refractivity contribution is 5.70. The van der Waals surface area contributed by atoms with Gasteiger partial charge in [-0.25, -0.2) is 0 Å². The molecule has 1 aliphatic rings. The molecule has 0 aliphatic heterocycles. The molecule has 1 aromatic rings. The Labute approximate surface area is 125 Å². The van der Waals surface area contributed by atoms with Gasteiger partial charge in [-0.15, -0.1) is 0 Å². The van der Waals surface area contributed by atoms with E-state index in [4.69, 9.17) is 4.52 Å². The Bertz CT molecular complexity index is 459. The summed E-state index contributed by atoms with van der Waals surface area (Å²) in [6.45, 7) is 5.45. The van der Waals surface area contributed by atoms with E-state index in [2.05, 4.69) is 29.3 Å². The Morgan fingerprint density at radius 1 is 1.43 bits per heavy atom. The highest BCUT2D eigenvalue weighted by Crippen LogP contribution is 2.29. The molecule has 2 atom stereocenters. The van der Waals surface area contributed by atoms with Gasteiger partial charge in [-0.05, 0) is 31.2 Å². The quantitative estimate of drug-likeness (QED) is 0.802. The molecule has 2 unspecified atom stereocenters. The lowest BCUT2D eigenvalue weighted by molar-refractivity contribution is -0.144. The summed E-state index contributed by atoms with van der Waals surface area (Å²) in [6, 6.07) is 0. The highest BCUT2D eigenvalue weighted by Gasteiger charge is 2.30. The monoisotopic (exact) mass is 295 g/mol. The largest absolute Gasteiger partial charge is 0.481 e. The molecule has 0 spiro atoms. The summed E-state index contributed by atoms with van der Waals surface area (Å²) in [5, 5.41) is 16.5. The van der Waals surface area contributed by atoms with Crippen LogP contribution in [0.25, 0.3) is 0 Å². The van der Waals surface area contributed by atoms with Gasteiger partial charge in [0.1, 0.15) is 0 Å². The Balaban J connectivity index is 1.77. The van der Waals surface area contributed by atoms with E-state index in [0.717, 1.165) is 32.1 Å². The van der Waals surface area contributed by atoms with Crippen molar-refractivity contribution in [2.45, 2.75) is 52.5 Å². The van der Waals surface area contributed by atoms with Gasteiger partial charge in [-0.1, -0.05) is 31.8 Å². The van der Waals surface area contributed by atoms with Crippen LogP contribution in [-0.2, 0) is 17.8 Å². The third-order valence-corrected chi connectivity index (χ3v) is 4.01. The minimum Gasteiger partial charge on any atom is -0.481 e. The van der Waals surface area contributed by atoms with Crippen LogP contribution in [0.15, 0.2) is 4.52 Å². The summed E-state index contributed by atoms with van der Waals surface area (Å²) in [5.74, 6) is 1.13. The van der Waals surface area contributed by atoms with Gasteiger partial charge in [-0.2, -0.15) is 4.98 Å². The zero-order valence-electron chi connectivity index (χ0n) is 12.8. The number of rotatable bonds is 7. The predicted octanol–water partition coefficient (Wildman–Crippen LogP) is 2.25. The lowest BCUT2D eigenvalue weighted by Crippen LogP contribution is -2.34. The fourth-order valence-corrected chi connectivity index (χ4v) is 2.94. The van der Waals surface area contributed by atoms with Crippen LogP contribution in [0.5, 0.6) is 0 Å². The second-order valence-corrected chi connectivity index (χ2v) is 6.32. The molecule has 2 N–H and O–H groups in total. The number of nitrogens with zero attached hydrogens (tertiary/aromatic N) is 2. The average molecular weight is 295 g/mol. The first-order valence-corrected chi connectivity index (χ1v) is 7.81. The van der Waals surface area contributed by atoms with Crippen LogP contribution >= 0.6 is 0 Å². The zero-order valence-corrected chi connectivity index (χ0v) is 12.8. The Morgan fingerprint density at radius 2 is 2.19 bits per heavy atom. The van der Waals surface area contributed by atoms with Crippen molar-refractivity contribution < 1.29 is 14.4 Å². The summed E-state index contributed by atoms with van der Waals surface area (Å²) in [4.78, 5) is 15.6. The number of carboxylic acid groups (broad SMARTS) is 1. The van der Waals surface area contributed by atoms with E-state index < -0.39 is 5.97 Å². The first-order chi connectivity index (χ1) is 10.1. The number of carbonyl (C=O) groups is 1. The molecule has 1 saturated carbocycles. The van der Waals surface area contributed by atoms with Crippen molar-refractivity contribution in [1.82, 2.24) is 15.5 Å². The standard InChI is InChI=1S/C15H25N3O3/c1-10(2)7-14-17-13(18-21-14)9-16-8-11-5-3-4-6-12(11)15(19)20/h10-12,16H,3-9H2,1-2H3,(H,19,20). The van der Waals surface area contributed by atoms with Crippen molar-refractivity contribution in [1.29, 1.82) is 0 Å². The maximum atomic E-state index is 11.2. The van der Waals surface area contributed by atoms with Gasteiger partial charge in [-0.3, -0.25) is 4.79 Å². The number of aliphatic carboxylic acids is 1. The molecule has 1 aliphatic carbocycles. The summed E-state index contributed by atoms with van der Waals surface area (Å²) in [5.41, 5.74) is 0. The second-order valence-electron chi connectivity index (χ2n) is 6.32. The minimum absolute atomic E-state index is 0.207. The Kier molecular flexibility index (Phi) is 5.73. The van der Waals surface area contributed by atoms with Crippen LogP contribution in [0.1, 0.15) is 51.2 Å². The van der Waals surface area contributed by atoms with E-state index >= 15 is 0 Å². The number of carboxylic acids is 1. The van der Waals surface area contributed by atoms with Gasteiger partial charge in [0, 0.05) is 6.42 Å². The number of nitrogens with one attached hydrogen (secondary N) is 1. The molecule has 0 radical (unpaired) electrons. The molecule has 0 saturated heterocycles. The molecule has 118 valence electrons. The van der Waals surface area contributed by atoms with Crippen LogP contribution in [0.3, 0.4) is 0 Å². The van der Waals surface area contributed by atoms with Gasteiger partial charge < -0.3 is 14.9 Å².